The predicted molar refractivity (Wildman–Crippen MR) is 142 cm³/mol. The van der Waals surface area contributed by atoms with Crippen molar-refractivity contribution < 1.29 is 0 Å². The first-order valence-electron chi connectivity index (χ1n) is 12.9. The van der Waals surface area contributed by atoms with Crippen molar-refractivity contribution in [2.75, 3.05) is 55.6 Å². The highest BCUT2D eigenvalue weighted by Gasteiger charge is 2.22. The Morgan fingerprint density at radius 3 is 2.26 bits per heavy atom. The third-order valence-corrected chi connectivity index (χ3v) is 7.46. The third kappa shape index (κ3) is 4.85. The molecule has 2 aliphatic heterocycles. The Labute approximate surface area is 206 Å². The van der Waals surface area contributed by atoms with E-state index in [0.717, 1.165) is 70.8 Å². The van der Waals surface area contributed by atoms with E-state index in [2.05, 4.69) is 39.0 Å². The number of hydrogen-bond acceptors (Lipinski definition) is 6. The van der Waals surface area contributed by atoms with Crippen LogP contribution in [-0.4, -0.2) is 65.1 Å². The highest BCUT2D eigenvalue weighted by molar-refractivity contribution is 5.91. The van der Waals surface area contributed by atoms with Gasteiger partial charge in [-0.1, -0.05) is 18.2 Å². The number of anilines is 2. The van der Waals surface area contributed by atoms with Crippen molar-refractivity contribution >= 4 is 22.3 Å². The zero-order valence-electron chi connectivity index (χ0n) is 20.9. The number of piperidine rings is 1. The van der Waals surface area contributed by atoms with E-state index in [1.165, 1.54) is 16.8 Å². The van der Waals surface area contributed by atoms with Crippen LogP contribution in [0.15, 0.2) is 46.0 Å². The first kappa shape index (κ1) is 23.6. The van der Waals surface area contributed by atoms with Crippen molar-refractivity contribution in [2.45, 2.75) is 39.2 Å². The van der Waals surface area contributed by atoms with Gasteiger partial charge in [-0.05, 0) is 50.8 Å². The number of para-hydroxylation sites is 1. The summed E-state index contributed by atoms with van der Waals surface area (Å²) in [6.07, 6.45) is 4.21. The number of rotatable bonds is 6. The second-order valence-corrected chi connectivity index (χ2v) is 9.83. The fourth-order valence-electron chi connectivity index (χ4n) is 5.48. The van der Waals surface area contributed by atoms with Crippen LogP contribution in [0.4, 0.5) is 11.5 Å². The summed E-state index contributed by atoms with van der Waals surface area (Å²) in [5, 5.41) is 0.968. The quantitative estimate of drug-likeness (QED) is 0.545. The van der Waals surface area contributed by atoms with E-state index in [1.54, 1.807) is 17.8 Å². The molecule has 2 aliphatic rings. The molecule has 0 radical (unpaired) electrons. The molecular formula is C27H36N6O2. The molecule has 2 aromatic heterocycles. The molecule has 8 nitrogen and oxygen atoms in total. The van der Waals surface area contributed by atoms with Gasteiger partial charge in [0.05, 0.1) is 10.8 Å². The first-order chi connectivity index (χ1) is 17.0. The Morgan fingerprint density at radius 2 is 1.54 bits per heavy atom. The Hall–Kier alpha value is -3.13. The number of aromatic nitrogens is 3. The summed E-state index contributed by atoms with van der Waals surface area (Å²) < 4.78 is 3.12. The van der Waals surface area contributed by atoms with Gasteiger partial charge in [-0.2, -0.15) is 0 Å². The molecule has 4 heterocycles. The van der Waals surface area contributed by atoms with Gasteiger partial charge < -0.3 is 9.80 Å². The third-order valence-electron chi connectivity index (χ3n) is 7.46. The molecule has 0 spiro atoms. The van der Waals surface area contributed by atoms with Gasteiger partial charge in [0.25, 0.3) is 11.1 Å². The summed E-state index contributed by atoms with van der Waals surface area (Å²) in [6, 6.07) is 12.3. The molecular weight excluding hydrogens is 440 g/mol. The summed E-state index contributed by atoms with van der Waals surface area (Å²) >= 11 is 0. The lowest BCUT2D eigenvalue weighted by molar-refractivity contribution is 0.246. The monoisotopic (exact) mass is 476 g/mol. The molecule has 5 rings (SSSR count). The Balaban J connectivity index is 1.30. The Kier molecular flexibility index (Phi) is 6.90. The van der Waals surface area contributed by atoms with Crippen LogP contribution in [0.5, 0.6) is 0 Å². The molecule has 2 saturated heterocycles. The van der Waals surface area contributed by atoms with E-state index in [9.17, 15) is 9.59 Å². The van der Waals surface area contributed by atoms with Crippen LogP contribution in [0.3, 0.4) is 0 Å². The van der Waals surface area contributed by atoms with E-state index in [-0.39, 0.29) is 11.1 Å². The van der Waals surface area contributed by atoms with Crippen LogP contribution in [0.25, 0.3) is 10.8 Å². The highest BCUT2D eigenvalue weighted by Crippen LogP contribution is 2.24. The minimum atomic E-state index is -0.135. The number of benzene rings is 1. The van der Waals surface area contributed by atoms with Crippen LogP contribution in [0.1, 0.15) is 31.4 Å². The lowest BCUT2D eigenvalue weighted by Crippen LogP contribution is -2.47. The van der Waals surface area contributed by atoms with Gasteiger partial charge in [0, 0.05) is 70.8 Å². The van der Waals surface area contributed by atoms with E-state index >= 15 is 0 Å². The van der Waals surface area contributed by atoms with E-state index in [1.807, 2.05) is 13.0 Å². The minimum Gasteiger partial charge on any atom is -0.369 e. The number of fused-ring (bicyclic) bond motifs is 1. The SMILES string of the molecule is Cc1cc2c(=O)n(CCCN3CCN(c4ccccc4)CC3)n(C)c(=O)c2c(N2CCCCC2)n1. The van der Waals surface area contributed by atoms with Gasteiger partial charge in [0.2, 0.25) is 0 Å². The predicted octanol–water partition coefficient (Wildman–Crippen LogP) is 2.61. The first-order valence-corrected chi connectivity index (χ1v) is 12.9. The number of hydrogen-bond donors (Lipinski definition) is 0. The molecule has 186 valence electrons. The second kappa shape index (κ2) is 10.2. The van der Waals surface area contributed by atoms with Crippen molar-refractivity contribution in [3.63, 3.8) is 0 Å². The molecule has 3 aromatic rings. The van der Waals surface area contributed by atoms with E-state index in [4.69, 9.17) is 4.98 Å². The average Bonchev–Trinajstić information content (AvgIpc) is 2.90. The summed E-state index contributed by atoms with van der Waals surface area (Å²) in [5.41, 5.74) is 1.83. The summed E-state index contributed by atoms with van der Waals surface area (Å²) in [5.74, 6) is 0.681. The van der Waals surface area contributed by atoms with Gasteiger partial charge in [0.15, 0.2) is 0 Å². The van der Waals surface area contributed by atoms with Crippen molar-refractivity contribution in [3.8, 4) is 0 Å². The zero-order valence-corrected chi connectivity index (χ0v) is 20.9. The molecule has 8 heteroatoms. The lowest BCUT2D eigenvalue weighted by atomic mass is 10.1. The maximum atomic E-state index is 13.5. The molecule has 35 heavy (non-hydrogen) atoms. The summed E-state index contributed by atoms with van der Waals surface area (Å²) in [6.45, 7) is 9.13. The summed E-state index contributed by atoms with van der Waals surface area (Å²) in [4.78, 5) is 38.7. The van der Waals surface area contributed by atoms with Crippen molar-refractivity contribution in [3.05, 3.63) is 62.8 Å². The standard InChI is InChI=1S/C27H36N6O2/c1-21-20-23-24(25(28-21)32-13-7-4-8-14-32)27(35)29(2)33(26(23)34)15-9-12-30-16-18-31(19-17-30)22-10-5-3-6-11-22/h3,5-6,10-11,20H,4,7-9,12-19H2,1-2H3. The second-order valence-electron chi connectivity index (χ2n) is 9.83. The maximum Gasteiger partial charge on any atom is 0.276 e. The molecule has 1 aromatic carbocycles. The Morgan fingerprint density at radius 1 is 0.829 bits per heavy atom. The van der Waals surface area contributed by atoms with Crippen LogP contribution >= 0.6 is 0 Å². The van der Waals surface area contributed by atoms with Crippen LogP contribution in [-0.2, 0) is 13.6 Å². The molecule has 0 unspecified atom stereocenters. The highest BCUT2D eigenvalue weighted by atomic mass is 16.2. The largest absolute Gasteiger partial charge is 0.369 e. The average molecular weight is 477 g/mol. The fraction of sp³-hybridized carbons (Fsp3) is 0.519. The number of piperazine rings is 1. The minimum absolute atomic E-state index is 0.0974. The molecule has 0 atom stereocenters. The van der Waals surface area contributed by atoms with Gasteiger partial charge >= 0.3 is 0 Å². The molecule has 0 N–H and O–H groups in total. The summed E-state index contributed by atoms with van der Waals surface area (Å²) in [7, 11) is 1.71. The van der Waals surface area contributed by atoms with Crippen LogP contribution in [0, 0.1) is 6.92 Å². The van der Waals surface area contributed by atoms with Gasteiger partial charge in [-0.15, -0.1) is 0 Å². The molecule has 0 saturated carbocycles. The van der Waals surface area contributed by atoms with Crippen molar-refractivity contribution in [2.24, 2.45) is 7.05 Å². The topological polar surface area (TPSA) is 66.6 Å². The molecule has 2 fully saturated rings. The van der Waals surface area contributed by atoms with Crippen molar-refractivity contribution in [1.82, 2.24) is 19.2 Å². The van der Waals surface area contributed by atoms with Crippen LogP contribution in [0.2, 0.25) is 0 Å². The molecule has 0 aliphatic carbocycles. The number of pyridine rings is 1. The lowest BCUT2D eigenvalue weighted by Gasteiger charge is -2.36. The maximum absolute atomic E-state index is 13.5. The molecule has 0 bridgehead atoms. The van der Waals surface area contributed by atoms with Gasteiger partial charge in [-0.25, -0.2) is 9.67 Å². The fourth-order valence-corrected chi connectivity index (χ4v) is 5.48. The number of aryl methyl sites for hydroxylation is 1. The van der Waals surface area contributed by atoms with Gasteiger partial charge in [0.1, 0.15) is 5.82 Å². The molecule has 0 amide bonds. The van der Waals surface area contributed by atoms with Crippen molar-refractivity contribution in [1.29, 1.82) is 0 Å². The van der Waals surface area contributed by atoms with E-state index in [0.29, 0.717) is 23.1 Å². The smallest absolute Gasteiger partial charge is 0.276 e. The zero-order chi connectivity index (χ0) is 24.4. The van der Waals surface area contributed by atoms with E-state index < -0.39 is 0 Å². The Bertz CT molecular complexity index is 1280. The number of nitrogens with zero attached hydrogens (tertiary/aromatic N) is 6. The normalized spacial score (nSPS) is 17.3. The van der Waals surface area contributed by atoms with Crippen LogP contribution < -0.4 is 20.9 Å². The van der Waals surface area contributed by atoms with Gasteiger partial charge in [-0.3, -0.25) is 19.2 Å².